The molecular formula is C12H16N4S. The van der Waals surface area contributed by atoms with Crippen LogP contribution in [0.25, 0.3) is 10.2 Å². The molecule has 0 aliphatic carbocycles. The molecule has 2 aromatic heterocycles. The number of fused-ring (bicyclic) bond motifs is 1. The van der Waals surface area contributed by atoms with Crippen molar-refractivity contribution in [2.24, 2.45) is 5.73 Å². The average Bonchev–Trinajstić information content (AvgIpc) is 2.51. The van der Waals surface area contributed by atoms with Crippen LogP contribution >= 0.6 is 11.3 Å². The fourth-order valence-corrected chi connectivity index (χ4v) is 3.37. The van der Waals surface area contributed by atoms with Gasteiger partial charge in [-0.25, -0.2) is 9.97 Å². The molecule has 0 bridgehead atoms. The zero-order chi connectivity index (χ0) is 12.2. The Hall–Kier alpha value is -1.20. The second-order valence-electron chi connectivity index (χ2n) is 5.17. The summed E-state index contributed by atoms with van der Waals surface area (Å²) >= 11 is 1.74. The minimum Gasteiger partial charge on any atom is -0.352 e. The van der Waals surface area contributed by atoms with Crippen LogP contribution in [0.2, 0.25) is 0 Å². The van der Waals surface area contributed by atoms with Crippen molar-refractivity contribution in [2.45, 2.75) is 26.3 Å². The quantitative estimate of drug-likeness (QED) is 0.836. The van der Waals surface area contributed by atoms with E-state index in [1.165, 1.54) is 15.8 Å². The third kappa shape index (κ3) is 1.61. The maximum absolute atomic E-state index is 6.05. The Balaban J connectivity index is 2.11. The van der Waals surface area contributed by atoms with Crippen LogP contribution in [0.5, 0.6) is 0 Å². The number of aryl methyl sites for hydroxylation is 2. The molecule has 0 aromatic carbocycles. The van der Waals surface area contributed by atoms with Crippen molar-refractivity contribution in [3.05, 3.63) is 16.8 Å². The Morgan fingerprint density at radius 1 is 1.35 bits per heavy atom. The summed E-state index contributed by atoms with van der Waals surface area (Å²) in [5.41, 5.74) is 7.28. The molecule has 2 aromatic rings. The van der Waals surface area contributed by atoms with Crippen molar-refractivity contribution in [1.82, 2.24) is 9.97 Å². The number of hydrogen-bond donors (Lipinski definition) is 1. The highest BCUT2D eigenvalue weighted by Gasteiger charge is 2.36. The van der Waals surface area contributed by atoms with Gasteiger partial charge in [-0.3, -0.25) is 0 Å². The summed E-state index contributed by atoms with van der Waals surface area (Å²) in [5, 5.41) is 1.20. The molecule has 0 radical (unpaired) electrons. The largest absolute Gasteiger partial charge is 0.352 e. The van der Waals surface area contributed by atoms with E-state index in [2.05, 4.69) is 35.6 Å². The minimum atomic E-state index is -0.0732. The Morgan fingerprint density at radius 3 is 2.71 bits per heavy atom. The van der Waals surface area contributed by atoms with Gasteiger partial charge < -0.3 is 10.6 Å². The monoisotopic (exact) mass is 248 g/mol. The number of anilines is 1. The lowest BCUT2D eigenvalue weighted by Gasteiger charge is -2.46. The van der Waals surface area contributed by atoms with E-state index in [9.17, 15) is 0 Å². The van der Waals surface area contributed by atoms with E-state index >= 15 is 0 Å². The maximum atomic E-state index is 6.05. The van der Waals surface area contributed by atoms with Crippen LogP contribution in [0.15, 0.2) is 6.33 Å². The van der Waals surface area contributed by atoms with Crippen molar-refractivity contribution in [3.63, 3.8) is 0 Å². The number of rotatable bonds is 1. The highest BCUT2D eigenvalue weighted by atomic mass is 32.1. The van der Waals surface area contributed by atoms with Gasteiger partial charge in [-0.1, -0.05) is 0 Å². The summed E-state index contributed by atoms with van der Waals surface area (Å²) < 4.78 is 0. The van der Waals surface area contributed by atoms with Crippen LogP contribution in [0.1, 0.15) is 17.4 Å². The smallest absolute Gasteiger partial charge is 0.141 e. The van der Waals surface area contributed by atoms with Crippen LogP contribution in [0.4, 0.5) is 5.82 Å². The molecule has 17 heavy (non-hydrogen) atoms. The Labute approximate surface area is 104 Å². The van der Waals surface area contributed by atoms with E-state index in [1.807, 2.05) is 0 Å². The van der Waals surface area contributed by atoms with Crippen molar-refractivity contribution in [3.8, 4) is 0 Å². The molecule has 1 aliphatic rings. The fraction of sp³-hybridized carbons (Fsp3) is 0.500. The summed E-state index contributed by atoms with van der Waals surface area (Å²) in [4.78, 5) is 13.4. The van der Waals surface area contributed by atoms with Gasteiger partial charge in [0, 0.05) is 23.5 Å². The number of aromatic nitrogens is 2. The lowest BCUT2D eigenvalue weighted by atomic mass is 9.93. The van der Waals surface area contributed by atoms with Crippen molar-refractivity contribution in [2.75, 3.05) is 18.0 Å². The Morgan fingerprint density at radius 2 is 2.06 bits per heavy atom. The lowest BCUT2D eigenvalue weighted by Crippen LogP contribution is -2.65. The molecule has 1 aliphatic heterocycles. The average molecular weight is 248 g/mol. The van der Waals surface area contributed by atoms with Gasteiger partial charge in [0.05, 0.1) is 5.39 Å². The summed E-state index contributed by atoms with van der Waals surface area (Å²) in [6.07, 6.45) is 1.65. The molecule has 0 saturated carbocycles. The standard InChI is InChI=1S/C12H16N4S/c1-7-8(2)17-11-9(7)10(14-6-15-11)16-4-12(3,13)5-16/h6H,4-5,13H2,1-3H3. The summed E-state index contributed by atoms with van der Waals surface area (Å²) in [5.74, 6) is 1.04. The molecule has 90 valence electrons. The molecule has 3 rings (SSSR count). The first-order chi connectivity index (χ1) is 7.98. The predicted molar refractivity (Wildman–Crippen MR) is 71.7 cm³/mol. The number of thiophene rings is 1. The molecule has 3 heterocycles. The molecule has 1 saturated heterocycles. The molecule has 5 heteroatoms. The molecular weight excluding hydrogens is 232 g/mol. The van der Waals surface area contributed by atoms with E-state index in [1.54, 1.807) is 17.7 Å². The van der Waals surface area contributed by atoms with Gasteiger partial charge in [-0.2, -0.15) is 0 Å². The third-order valence-corrected chi connectivity index (χ3v) is 4.46. The first-order valence-corrected chi connectivity index (χ1v) is 6.54. The fourth-order valence-electron chi connectivity index (χ4n) is 2.38. The Bertz CT molecular complexity index is 579. The Kier molecular flexibility index (Phi) is 2.18. The second-order valence-corrected chi connectivity index (χ2v) is 6.37. The van der Waals surface area contributed by atoms with Crippen LogP contribution in [-0.4, -0.2) is 28.6 Å². The first kappa shape index (κ1) is 10.9. The van der Waals surface area contributed by atoms with Gasteiger partial charge >= 0.3 is 0 Å². The zero-order valence-electron chi connectivity index (χ0n) is 10.3. The maximum Gasteiger partial charge on any atom is 0.141 e. The zero-order valence-corrected chi connectivity index (χ0v) is 11.1. The van der Waals surface area contributed by atoms with E-state index in [-0.39, 0.29) is 5.54 Å². The van der Waals surface area contributed by atoms with Gasteiger partial charge in [0.15, 0.2) is 0 Å². The van der Waals surface area contributed by atoms with Crippen molar-refractivity contribution < 1.29 is 0 Å². The minimum absolute atomic E-state index is 0.0732. The molecule has 2 N–H and O–H groups in total. The number of nitrogens with two attached hydrogens (primary N) is 1. The van der Waals surface area contributed by atoms with Crippen LogP contribution < -0.4 is 10.6 Å². The van der Waals surface area contributed by atoms with Gasteiger partial charge in [-0.05, 0) is 26.3 Å². The van der Waals surface area contributed by atoms with Crippen molar-refractivity contribution in [1.29, 1.82) is 0 Å². The second kappa shape index (κ2) is 3.40. The number of nitrogens with zero attached hydrogens (tertiary/aromatic N) is 3. The van der Waals surface area contributed by atoms with Crippen LogP contribution in [-0.2, 0) is 0 Å². The number of hydrogen-bond acceptors (Lipinski definition) is 5. The van der Waals surface area contributed by atoms with E-state index in [0.717, 1.165) is 23.7 Å². The van der Waals surface area contributed by atoms with Gasteiger partial charge in [0.1, 0.15) is 17.0 Å². The molecule has 1 fully saturated rings. The van der Waals surface area contributed by atoms with E-state index < -0.39 is 0 Å². The molecule has 0 amide bonds. The van der Waals surface area contributed by atoms with E-state index in [0.29, 0.717) is 0 Å². The molecule has 0 atom stereocenters. The highest BCUT2D eigenvalue weighted by molar-refractivity contribution is 7.18. The van der Waals surface area contributed by atoms with Crippen LogP contribution in [0.3, 0.4) is 0 Å². The predicted octanol–water partition coefficient (Wildman–Crippen LogP) is 1.85. The topological polar surface area (TPSA) is 55.0 Å². The third-order valence-electron chi connectivity index (χ3n) is 3.35. The molecule has 0 unspecified atom stereocenters. The lowest BCUT2D eigenvalue weighted by molar-refractivity contribution is 0.363. The van der Waals surface area contributed by atoms with Crippen molar-refractivity contribution >= 4 is 27.4 Å². The highest BCUT2D eigenvalue weighted by Crippen LogP contribution is 2.36. The first-order valence-electron chi connectivity index (χ1n) is 5.72. The summed E-state index contributed by atoms with van der Waals surface area (Å²) in [6, 6.07) is 0. The van der Waals surface area contributed by atoms with Gasteiger partial charge in [-0.15, -0.1) is 11.3 Å². The molecule has 0 spiro atoms. The normalized spacial score (nSPS) is 18.5. The van der Waals surface area contributed by atoms with Gasteiger partial charge in [0.2, 0.25) is 0 Å². The summed E-state index contributed by atoms with van der Waals surface area (Å²) in [6.45, 7) is 8.09. The van der Waals surface area contributed by atoms with Gasteiger partial charge in [0.25, 0.3) is 0 Å². The SMILES string of the molecule is Cc1sc2ncnc(N3CC(C)(N)C3)c2c1C. The molecule has 4 nitrogen and oxygen atoms in total. The van der Waals surface area contributed by atoms with E-state index in [4.69, 9.17) is 5.73 Å². The summed E-state index contributed by atoms with van der Waals surface area (Å²) in [7, 11) is 0. The van der Waals surface area contributed by atoms with Crippen LogP contribution in [0, 0.1) is 13.8 Å².